The summed E-state index contributed by atoms with van der Waals surface area (Å²) in [7, 11) is 0. The number of amides is 1. The summed E-state index contributed by atoms with van der Waals surface area (Å²) in [5.41, 5.74) is 0. The van der Waals surface area contributed by atoms with E-state index in [1.165, 1.54) is 57.8 Å². The predicted octanol–water partition coefficient (Wildman–Crippen LogP) is 2.45. The van der Waals surface area contributed by atoms with Crippen molar-refractivity contribution in [2.24, 2.45) is 0 Å². The van der Waals surface area contributed by atoms with Gasteiger partial charge in [-0.3, -0.25) is 4.79 Å². The van der Waals surface area contributed by atoms with Gasteiger partial charge in [0.1, 0.15) is 0 Å². The molecule has 0 spiro atoms. The highest BCUT2D eigenvalue weighted by Crippen LogP contribution is 2.27. The van der Waals surface area contributed by atoms with E-state index in [-0.39, 0.29) is 6.04 Å². The molecule has 1 aliphatic heterocycles. The van der Waals surface area contributed by atoms with Gasteiger partial charge in [-0.1, -0.05) is 25.7 Å². The van der Waals surface area contributed by atoms with Gasteiger partial charge in [-0.15, -0.1) is 0 Å². The van der Waals surface area contributed by atoms with Crippen LogP contribution >= 0.6 is 0 Å². The van der Waals surface area contributed by atoms with Crippen LogP contribution in [0.4, 0.5) is 0 Å². The third-order valence-electron chi connectivity index (χ3n) is 4.75. The van der Waals surface area contributed by atoms with Crippen LogP contribution in [-0.4, -0.2) is 35.5 Å². The first kappa shape index (κ1) is 12.5. The molecule has 18 heavy (non-hydrogen) atoms. The van der Waals surface area contributed by atoms with Gasteiger partial charge >= 0.3 is 0 Å². The Morgan fingerprint density at radius 1 is 0.889 bits per heavy atom. The molecule has 1 unspecified atom stereocenters. The standard InChI is InChI=1S/C15H26N2O/c18-15-14(16-12-9-10-12)8-5-11-17(15)13-6-3-1-2-4-7-13/h12-14,16H,1-11H2. The summed E-state index contributed by atoms with van der Waals surface area (Å²) in [6.45, 7) is 1.01. The Hall–Kier alpha value is -0.570. The van der Waals surface area contributed by atoms with Gasteiger partial charge in [0.25, 0.3) is 0 Å². The van der Waals surface area contributed by atoms with Gasteiger partial charge in [0.15, 0.2) is 0 Å². The number of carbonyl (C=O) groups excluding carboxylic acids is 1. The van der Waals surface area contributed by atoms with Crippen LogP contribution in [0, 0.1) is 0 Å². The summed E-state index contributed by atoms with van der Waals surface area (Å²) < 4.78 is 0. The zero-order valence-electron chi connectivity index (χ0n) is 11.4. The van der Waals surface area contributed by atoms with E-state index in [2.05, 4.69) is 10.2 Å². The highest BCUT2D eigenvalue weighted by Gasteiger charge is 2.36. The summed E-state index contributed by atoms with van der Waals surface area (Å²) in [5.74, 6) is 0.403. The van der Waals surface area contributed by atoms with Crippen LogP contribution in [-0.2, 0) is 4.79 Å². The van der Waals surface area contributed by atoms with Crippen molar-refractivity contribution in [1.29, 1.82) is 0 Å². The molecule has 2 saturated carbocycles. The molecule has 0 aromatic rings. The Bertz CT molecular complexity index is 293. The molecule has 0 radical (unpaired) electrons. The molecule has 3 heteroatoms. The Kier molecular flexibility index (Phi) is 3.88. The molecule has 3 rings (SSSR count). The minimum atomic E-state index is 0.134. The van der Waals surface area contributed by atoms with Crippen LogP contribution in [0.15, 0.2) is 0 Å². The summed E-state index contributed by atoms with van der Waals surface area (Å²) >= 11 is 0. The first-order valence-corrected chi connectivity index (χ1v) is 7.91. The minimum absolute atomic E-state index is 0.134. The minimum Gasteiger partial charge on any atom is -0.338 e. The number of piperidine rings is 1. The van der Waals surface area contributed by atoms with Gasteiger partial charge in [-0.25, -0.2) is 0 Å². The molecule has 102 valence electrons. The molecular weight excluding hydrogens is 224 g/mol. The SMILES string of the molecule is O=C1C(NC2CC2)CCCN1C1CCCCCC1. The molecule has 0 aromatic carbocycles. The first-order chi connectivity index (χ1) is 8.84. The molecule has 3 aliphatic rings. The Labute approximate surface area is 110 Å². The smallest absolute Gasteiger partial charge is 0.239 e. The Balaban J connectivity index is 1.60. The van der Waals surface area contributed by atoms with Crippen molar-refractivity contribution in [2.75, 3.05) is 6.54 Å². The van der Waals surface area contributed by atoms with Crippen LogP contribution in [0.3, 0.4) is 0 Å². The largest absolute Gasteiger partial charge is 0.338 e. The van der Waals surface area contributed by atoms with E-state index >= 15 is 0 Å². The second kappa shape index (κ2) is 5.60. The normalized spacial score (nSPS) is 31.4. The number of nitrogens with zero attached hydrogens (tertiary/aromatic N) is 1. The van der Waals surface area contributed by atoms with Gasteiger partial charge in [0, 0.05) is 18.6 Å². The second-order valence-corrected chi connectivity index (χ2v) is 6.31. The number of hydrogen-bond donors (Lipinski definition) is 1. The molecule has 1 amide bonds. The van der Waals surface area contributed by atoms with Gasteiger partial charge in [-0.05, 0) is 38.5 Å². The fourth-order valence-electron chi connectivity index (χ4n) is 3.52. The molecule has 3 fully saturated rings. The molecule has 1 saturated heterocycles. The molecule has 3 nitrogen and oxygen atoms in total. The average molecular weight is 250 g/mol. The third-order valence-corrected chi connectivity index (χ3v) is 4.75. The number of hydrogen-bond acceptors (Lipinski definition) is 2. The molecule has 2 aliphatic carbocycles. The lowest BCUT2D eigenvalue weighted by atomic mass is 9.99. The maximum atomic E-state index is 12.6. The zero-order valence-corrected chi connectivity index (χ0v) is 11.4. The van der Waals surface area contributed by atoms with Gasteiger partial charge in [0.05, 0.1) is 6.04 Å². The predicted molar refractivity (Wildman–Crippen MR) is 72.4 cm³/mol. The van der Waals surface area contributed by atoms with Gasteiger partial charge in [0.2, 0.25) is 5.91 Å². The number of likely N-dealkylation sites (tertiary alicyclic amines) is 1. The first-order valence-electron chi connectivity index (χ1n) is 7.91. The number of nitrogens with one attached hydrogen (secondary N) is 1. The fraction of sp³-hybridized carbons (Fsp3) is 0.933. The highest BCUT2D eigenvalue weighted by atomic mass is 16.2. The molecule has 1 atom stereocenters. The molecule has 0 bridgehead atoms. The van der Waals surface area contributed by atoms with E-state index in [0.717, 1.165) is 13.0 Å². The van der Waals surface area contributed by atoms with Gasteiger partial charge in [-0.2, -0.15) is 0 Å². The zero-order chi connectivity index (χ0) is 12.4. The summed E-state index contributed by atoms with van der Waals surface area (Å²) in [5, 5.41) is 3.54. The summed E-state index contributed by atoms with van der Waals surface area (Å²) in [6, 6.07) is 1.33. The van der Waals surface area contributed by atoms with Crippen molar-refractivity contribution in [3.05, 3.63) is 0 Å². The average Bonchev–Trinajstić information content (AvgIpc) is 3.18. The van der Waals surface area contributed by atoms with Gasteiger partial charge < -0.3 is 10.2 Å². The van der Waals surface area contributed by atoms with E-state index in [1.807, 2.05) is 0 Å². The van der Waals surface area contributed by atoms with E-state index in [1.54, 1.807) is 0 Å². The van der Waals surface area contributed by atoms with Crippen LogP contribution in [0.25, 0.3) is 0 Å². The van der Waals surface area contributed by atoms with Crippen LogP contribution in [0.2, 0.25) is 0 Å². The fourth-order valence-corrected chi connectivity index (χ4v) is 3.52. The van der Waals surface area contributed by atoms with E-state index < -0.39 is 0 Å². The lowest BCUT2D eigenvalue weighted by Crippen LogP contribution is -2.54. The van der Waals surface area contributed by atoms with Crippen molar-refractivity contribution >= 4 is 5.91 Å². The molecular formula is C15H26N2O. The molecule has 0 aromatic heterocycles. The lowest BCUT2D eigenvalue weighted by Gasteiger charge is -2.38. The maximum absolute atomic E-state index is 12.6. The van der Waals surface area contributed by atoms with Crippen molar-refractivity contribution in [2.45, 2.75) is 82.3 Å². The van der Waals surface area contributed by atoms with Crippen molar-refractivity contribution in [3.63, 3.8) is 0 Å². The quantitative estimate of drug-likeness (QED) is 0.780. The summed E-state index contributed by atoms with van der Waals surface area (Å²) in [4.78, 5) is 14.8. The number of carbonyl (C=O) groups is 1. The van der Waals surface area contributed by atoms with Crippen LogP contribution in [0.5, 0.6) is 0 Å². The molecule has 1 N–H and O–H groups in total. The Morgan fingerprint density at radius 3 is 2.28 bits per heavy atom. The summed E-state index contributed by atoms with van der Waals surface area (Å²) in [6.07, 6.45) is 12.6. The Morgan fingerprint density at radius 2 is 1.61 bits per heavy atom. The van der Waals surface area contributed by atoms with Crippen molar-refractivity contribution in [3.8, 4) is 0 Å². The van der Waals surface area contributed by atoms with Crippen molar-refractivity contribution < 1.29 is 4.79 Å². The maximum Gasteiger partial charge on any atom is 0.239 e. The van der Waals surface area contributed by atoms with E-state index in [4.69, 9.17) is 0 Å². The van der Waals surface area contributed by atoms with E-state index in [9.17, 15) is 4.79 Å². The molecule has 1 heterocycles. The second-order valence-electron chi connectivity index (χ2n) is 6.31. The monoisotopic (exact) mass is 250 g/mol. The van der Waals surface area contributed by atoms with Crippen molar-refractivity contribution in [1.82, 2.24) is 10.2 Å². The van der Waals surface area contributed by atoms with Crippen LogP contribution in [0.1, 0.15) is 64.2 Å². The van der Waals surface area contributed by atoms with E-state index in [0.29, 0.717) is 18.0 Å². The van der Waals surface area contributed by atoms with Crippen LogP contribution < -0.4 is 5.32 Å². The lowest BCUT2D eigenvalue weighted by molar-refractivity contribution is -0.138. The number of rotatable bonds is 3. The third kappa shape index (κ3) is 2.87. The highest BCUT2D eigenvalue weighted by molar-refractivity contribution is 5.83. The topological polar surface area (TPSA) is 32.3 Å².